The molecule has 2 fully saturated rings. The van der Waals surface area contributed by atoms with Crippen LogP contribution in [0.2, 0.25) is 0 Å². The summed E-state index contributed by atoms with van der Waals surface area (Å²) in [5.41, 5.74) is 0.941. The third kappa shape index (κ3) is 6.36. The summed E-state index contributed by atoms with van der Waals surface area (Å²) in [6.07, 6.45) is 2.83. The van der Waals surface area contributed by atoms with Gasteiger partial charge >= 0.3 is 0 Å². The van der Waals surface area contributed by atoms with Gasteiger partial charge in [0.25, 0.3) is 0 Å². The standard InChI is InChI=1S/C21H34N4O3.HI/c1-4-22-20(23-16-21(27-3)10-13-28-14-11-21)24-17-9-12-25(15-17)18-7-5-6-8-19(18)26-2;/h5-8,17H,4,9-16H2,1-3H3,(H2,22,23,24);1H. The molecule has 2 aliphatic rings. The van der Waals surface area contributed by atoms with Crippen molar-refractivity contribution in [3.05, 3.63) is 24.3 Å². The highest BCUT2D eigenvalue weighted by molar-refractivity contribution is 14.0. The van der Waals surface area contributed by atoms with Crippen LogP contribution in [0.25, 0.3) is 0 Å². The SMILES string of the molecule is CCNC(=NCC1(OC)CCOCC1)NC1CCN(c2ccccc2OC)C1.I. The van der Waals surface area contributed by atoms with Crippen LogP contribution in [0.15, 0.2) is 29.3 Å². The fourth-order valence-corrected chi connectivity index (χ4v) is 3.89. The van der Waals surface area contributed by atoms with Crippen molar-refractivity contribution < 1.29 is 14.2 Å². The normalized spacial score (nSPS) is 21.4. The molecule has 29 heavy (non-hydrogen) atoms. The van der Waals surface area contributed by atoms with Crippen molar-refractivity contribution >= 4 is 35.6 Å². The first kappa shape index (κ1) is 24.0. The molecule has 1 aromatic rings. The lowest BCUT2D eigenvalue weighted by Crippen LogP contribution is -2.47. The molecule has 164 valence electrons. The van der Waals surface area contributed by atoms with Gasteiger partial charge in [-0.1, -0.05) is 12.1 Å². The maximum absolute atomic E-state index is 5.81. The second kappa shape index (κ2) is 11.8. The molecule has 7 nitrogen and oxygen atoms in total. The highest BCUT2D eigenvalue weighted by Crippen LogP contribution is 2.30. The predicted molar refractivity (Wildman–Crippen MR) is 128 cm³/mol. The predicted octanol–water partition coefficient (Wildman–Crippen LogP) is 2.64. The van der Waals surface area contributed by atoms with E-state index in [1.165, 1.54) is 0 Å². The summed E-state index contributed by atoms with van der Waals surface area (Å²) in [5.74, 6) is 1.78. The van der Waals surface area contributed by atoms with E-state index in [9.17, 15) is 0 Å². The number of nitrogens with zero attached hydrogens (tertiary/aromatic N) is 2. The molecule has 0 saturated carbocycles. The van der Waals surface area contributed by atoms with E-state index in [-0.39, 0.29) is 29.6 Å². The van der Waals surface area contributed by atoms with Crippen LogP contribution in [0.3, 0.4) is 0 Å². The van der Waals surface area contributed by atoms with Crippen molar-refractivity contribution in [1.82, 2.24) is 10.6 Å². The molecule has 1 unspecified atom stereocenters. The summed E-state index contributed by atoms with van der Waals surface area (Å²) in [6, 6.07) is 8.54. The molecule has 1 atom stereocenters. The van der Waals surface area contributed by atoms with Crippen LogP contribution in [0.4, 0.5) is 5.69 Å². The Morgan fingerprint density at radius 1 is 1.28 bits per heavy atom. The minimum atomic E-state index is -0.209. The number of halogens is 1. The summed E-state index contributed by atoms with van der Waals surface area (Å²) in [4.78, 5) is 7.22. The minimum absolute atomic E-state index is 0. The summed E-state index contributed by atoms with van der Waals surface area (Å²) < 4.78 is 16.8. The number of anilines is 1. The number of aliphatic imine (C=N–C) groups is 1. The second-order valence-corrected chi connectivity index (χ2v) is 7.44. The molecule has 0 aromatic heterocycles. The molecule has 2 aliphatic heterocycles. The highest BCUT2D eigenvalue weighted by Gasteiger charge is 2.32. The second-order valence-electron chi connectivity index (χ2n) is 7.44. The summed E-state index contributed by atoms with van der Waals surface area (Å²) in [6.45, 7) is 6.97. The molecule has 1 aromatic carbocycles. The van der Waals surface area contributed by atoms with Gasteiger partial charge in [0.2, 0.25) is 0 Å². The number of para-hydroxylation sites is 2. The Morgan fingerprint density at radius 3 is 2.72 bits per heavy atom. The lowest BCUT2D eigenvalue weighted by atomic mass is 9.94. The first-order valence-corrected chi connectivity index (χ1v) is 10.3. The zero-order chi connectivity index (χ0) is 19.8. The van der Waals surface area contributed by atoms with Gasteiger partial charge in [0, 0.05) is 58.8 Å². The van der Waals surface area contributed by atoms with E-state index >= 15 is 0 Å². The molecule has 0 radical (unpaired) electrons. The van der Waals surface area contributed by atoms with Crippen LogP contribution < -0.4 is 20.3 Å². The Bertz CT molecular complexity index is 653. The average molecular weight is 518 g/mol. The van der Waals surface area contributed by atoms with Crippen molar-refractivity contribution in [1.29, 1.82) is 0 Å². The molecule has 8 heteroatoms. The molecular formula is C21H35IN4O3. The molecule has 2 N–H and O–H groups in total. The van der Waals surface area contributed by atoms with E-state index in [0.29, 0.717) is 12.6 Å². The fraction of sp³-hybridized carbons (Fsp3) is 0.667. The van der Waals surface area contributed by atoms with Gasteiger partial charge in [-0.2, -0.15) is 0 Å². The first-order chi connectivity index (χ1) is 13.7. The maximum atomic E-state index is 5.81. The van der Waals surface area contributed by atoms with Crippen molar-refractivity contribution in [2.24, 2.45) is 4.99 Å². The van der Waals surface area contributed by atoms with Gasteiger partial charge in [-0.3, -0.25) is 4.99 Å². The largest absolute Gasteiger partial charge is 0.495 e. The van der Waals surface area contributed by atoms with Crippen molar-refractivity contribution in [2.75, 3.05) is 58.5 Å². The Kier molecular flexibility index (Phi) is 9.78. The lowest BCUT2D eigenvalue weighted by Gasteiger charge is -2.34. The van der Waals surface area contributed by atoms with Crippen LogP contribution in [-0.4, -0.2) is 71.2 Å². The number of benzene rings is 1. The Morgan fingerprint density at radius 2 is 2.03 bits per heavy atom. The number of hydrogen-bond donors (Lipinski definition) is 2. The third-order valence-electron chi connectivity index (χ3n) is 5.66. The van der Waals surface area contributed by atoms with Crippen molar-refractivity contribution in [3.63, 3.8) is 0 Å². The minimum Gasteiger partial charge on any atom is -0.495 e. The number of nitrogens with one attached hydrogen (secondary N) is 2. The zero-order valence-corrected chi connectivity index (χ0v) is 20.1. The molecule has 0 amide bonds. The molecule has 2 heterocycles. The smallest absolute Gasteiger partial charge is 0.191 e. The Labute approximate surface area is 191 Å². The van der Waals surface area contributed by atoms with Gasteiger partial charge < -0.3 is 29.7 Å². The third-order valence-corrected chi connectivity index (χ3v) is 5.66. The Balaban J connectivity index is 0.00000300. The summed E-state index contributed by atoms with van der Waals surface area (Å²) in [7, 11) is 3.51. The van der Waals surface area contributed by atoms with E-state index in [0.717, 1.165) is 69.5 Å². The van der Waals surface area contributed by atoms with Crippen LogP contribution in [0, 0.1) is 0 Å². The average Bonchev–Trinajstić information content (AvgIpc) is 3.21. The number of hydrogen-bond acceptors (Lipinski definition) is 5. The van der Waals surface area contributed by atoms with Crippen molar-refractivity contribution in [2.45, 2.75) is 37.8 Å². The summed E-state index contributed by atoms with van der Waals surface area (Å²) in [5, 5.41) is 6.98. The maximum Gasteiger partial charge on any atom is 0.191 e. The van der Waals surface area contributed by atoms with E-state index < -0.39 is 0 Å². The first-order valence-electron chi connectivity index (χ1n) is 10.3. The number of rotatable bonds is 7. The molecule has 3 rings (SSSR count). The summed E-state index contributed by atoms with van der Waals surface area (Å²) >= 11 is 0. The quantitative estimate of drug-likeness (QED) is 0.329. The zero-order valence-electron chi connectivity index (χ0n) is 17.8. The van der Waals surface area contributed by atoms with Crippen LogP contribution in [-0.2, 0) is 9.47 Å². The number of guanidine groups is 1. The number of ether oxygens (including phenoxy) is 3. The van der Waals surface area contributed by atoms with Gasteiger partial charge in [-0.15, -0.1) is 24.0 Å². The Hall–Kier alpha value is -1.26. The topological polar surface area (TPSA) is 67.4 Å². The van der Waals surface area contributed by atoms with E-state index in [2.05, 4.69) is 34.6 Å². The van der Waals surface area contributed by atoms with Crippen LogP contribution in [0.1, 0.15) is 26.2 Å². The molecular weight excluding hydrogens is 483 g/mol. The molecule has 0 bridgehead atoms. The fourth-order valence-electron chi connectivity index (χ4n) is 3.89. The van der Waals surface area contributed by atoms with E-state index in [1.54, 1.807) is 14.2 Å². The number of methoxy groups -OCH3 is 2. The van der Waals surface area contributed by atoms with Gasteiger partial charge in [0.1, 0.15) is 5.75 Å². The molecule has 2 saturated heterocycles. The highest BCUT2D eigenvalue weighted by atomic mass is 127. The lowest BCUT2D eigenvalue weighted by molar-refractivity contribution is -0.0828. The molecule has 0 aliphatic carbocycles. The van der Waals surface area contributed by atoms with Gasteiger partial charge in [0.15, 0.2) is 5.96 Å². The van der Waals surface area contributed by atoms with Gasteiger partial charge in [0.05, 0.1) is 24.9 Å². The van der Waals surface area contributed by atoms with Gasteiger partial charge in [-0.05, 0) is 25.5 Å². The monoisotopic (exact) mass is 518 g/mol. The molecule has 0 spiro atoms. The van der Waals surface area contributed by atoms with E-state index in [4.69, 9.17) is 19.2 Å². The van der Waals surface area contributed by atoms with E-state index in [1.807, 2.05) is 12.1 Å². The van der Waals surface area contributed by atoms with Gasteiger partial charge in [-0.25, -0.2) is 0 Å². The van der Waals surface area contributed by atoms with Crippen LogP contribution in [0.5, 0.6) is 5.75 Å². The van der Waals surface area contributed by atoms with Crippen molar-refractivity contribution in [3.8, 4) is 5.75 Å². The van der Waals surface area contributed by atoms with Crippen LogP contribution >= 0.6 is 24.0 Å².